The van der Waals surface area contributed by atoms with Gasteiger partial charge in [0, 0.05) is 19.1 Å². The SMILES string of the molecule is COc1ccc2nc(NCCN(C)C3CCCC3)sc2c1. The molecule has 0 unspecified atom stereocenters. The van der Waals surface area contributed by atoms with Gasteiger partial charge in [0.2, 0.25) is 0 Å². The molecule has 3 rings (SSSR count). The van der Waals surface area contributed by atoms with Crippen molar-refractivity contribution < 1.29 is 4.74 Å². The molecular weight excluding hydrogens is 282 g/mol. The molecule has 1 aromatic heterocycles. The fraction of sp³-hybridized carbons (Fsp3) is 0.562. The average molecular weight is 305 g/mol. The molecule has 1 N–H and O–H groups in total. The zero-order chi connectivity index (χ0) is 14.7. The molecule has 0 bridgehead atoms. The Balaban J connectivity index is 1.55. The van der Waals surface area contributed by atoms with Crippen molar-refractivity contribution in [3.63, 3.8) is 0 Å². The standard InChI is InChI=1S/C16H23N3OS/c1-19(12-5-3-4-6-12)10-9-17-16-18-14-8-7-13(20-2)11-15(14)21-16/h7-8,11-12H,3-6,9-10H2,1-2H3,(H,17,18). The van der Waals surface area contributed by atoms with E-state index in [-0.39, 0.29) is 0 Å². The summed E-state index contributed by atoms with van der Waals surface area (Å²) < 4.78 is 6.42. The molecule has 1 aliphatic carbocycles. The van der Waals surface area contributed by atoms with Crippen molar-refractivity contribution >= 4 is 26.7 Å². The van der Waals surface area contributed by atoms with Gasteiger partial charge in [-0.05, 0) is 38.1 Å². The van der Waals surface area contributed by atoms with E-state index in [2.05, 4.69) is 22.2 Å². The Morgan fingerprint density at radius 2 is 2.19 bits per heavy atom. The van der Waals surface area contributed by atoms with Gasteiger partial charge in [-0.2, -0.15) is 0 Å². The Morgan fingerprint density at radius 3 is 2.95 bits per heavy atom. The second-order valence-corrected chi connectivity index (χ2v) is 6.73. The van der Waals surface area contributed by atoms with E-state index in [9.17, 15) is 0 Å². The highest BCUT2D eigenvalue weighted by Crippen LogP contribution is 2.29. The predicted octanol–water partition coefficient (Wildman–Crippen LogP) is 3.59. The third kappa shape index (κ3) is 3.47. The van der Waals surface area contributed by atoms with Crippen molar-refractivity contribution in [1.29, 1.82) is 0 Å². The molecule has 0 saturated heterocycles. The maximum atomic E-state index is 5.25. The fourth-order valence-electron chi connectivity index (χ4n) is 2.97. The smallest absolute Gasteiger partial charge is 0.183 e. The molecule has 0 atom stereocenters. The van der Waals surface area contributed by atoms with Gasteiger partial charge in [-0.1, -0.05) is 24.2 Å². The molecule has 2 aromatic rings. The van der Waals surface area contributed by atoms with Gasteiger partial charge in [-0.25, -0.2) is 4.98 Å². The van der Waals surface area contributed by atoms with Crippen LogP contribution in [0.5, 0.6) is 5.75 Å². The van der Waals surface area contributed by atoms with Gasteiger partial charge < -0.3 is 15.0 Å². The Morgan fingerprint density at radius 1 is 1.38 bits per heavy atom. The van der Waals surface area contributed by atoms with Crippen molar-refractivity contribution in [2.75, 3.05) is 32.6 Å². The van der Waals surface area contributed by atoms with Crippen LogP contribution < -0.4 is 10.1 Å². The summed E-state index contributed by atoms with van der Waals surface area (Å²) in [5.41, 5.74) is 1.03. The van der Waals surface area contributed by atoms with Gasteiger partial charge in [0.25, 0.3) is 0 Å². The number of hydrogen-bond donors (Lipinski definition) is 1. The summed E-state index contributed by atoms with van der Waals surface area (Å²) in [6, 6.07) is 6.80. The first-order valence-corrected chi connectivity index (χ1v) is 8.46. The molecule has 0 radical (unpaired) electrons. The molecular formula is C16H23N3OS. The van der Waals surface area contributed by atoms with Crippen molar-refractivity contribution in [2.24, 2.45) is 0 Å². The molecule has 0 amide bonds. The number of benzene rings is 1. The highest BCUT2D eigenvalue weighted by atomic mass is 32.1. The van der Waals surface area contributed by atoms with Gasteiger partial charge >= 0.3 is 0 Å². The molecule has 5 heteroatoms. The van der Waals surface area contributed by atoms with Gasteiger partial charge in [0.15, 0.2) is 5.13 Å². The summed E-state index contributed by atoms with van der Waals surface area (Å²) >= 11 is 1.69. The molecule has 0 spiro atoms. The monoisotopic (exact) mass is 305 g/mol. The van der Waals surface area contributed by atoms with Crippen LogP contribution in [0.1, 0.15) is 25.7 Å². The molecule has 1 aromatic carbocycles. The predicted molar refractivity (Wildman–Crippen MR) is 89.5 cm³/mol. The zero-order valence-corrected chi connectivity index (χ0v) is 13.6. The summed E-state index contributed by atoms with van der Waals surface area (Å²) in [5.74, 6) is 0.888. The number of methoxy groups -OCH3 is 1. The summed E-state index contributed by atoms with van der Waals surface area (Å²) in [7, 11) is 3.93. The van der Waals surface area contributed by atoms with Crippen molar-refractivity contribution in [3.8, 4) is 5.75 Å². The second-order valence-electron chi connectivity index (χ2n) is 5.70. The van der Waals surface area contributed by atoms with Crippen LogP contribution >= 0.6 is 11.3 Å². The first kappa shape index (κ1) is 14.6. The maximum absolute atomic E-state index is 5.25. The van der Waals surface area contributed by atoms with Crippen LogP contribution in [0.15, 0.2) is 18.2 Å². The van der Waals surface area contributed by atoms with E-state index < -0.39 is 0 Å². The quantitative estimate of drug-likeness (QED) is 0.885. The van der Waals surface area contributed by atoms with Crippen molar-refractivity contribution in [1.82, 2.24) is 9.88 Å². The maximum Gasteiger partial charge on any atom is 0.183 e. The molecule has 1 heterocycles. The Bertz CT molecular complexity index is 592. The average Bonchev–Trinajstić information content (AvgIpc) is 3.15. The molecule has 114 valence electrons. The van der Waals surface area contributed by atoms with Crippen LogP contribution in [0.2, 0.25) is 0 Å². The van der Waals surface area contributed by atoms with Crippen molar-refractivity contribution in [2.45, 2.75) is 31.7 Å². The topological polar surface area (TPSA) is 37.4 Å². The third-order valence-corrected chi connectivity index (χ3v) is 5.26. The number of fused-ring (bicyclic) bond motifs is 1. The number of rotatable bonds is 6. The van der Waals surface area contributed by atoms with E-state index in [1.807, 2.05) is 18.2 Å². The minimum Gasteiger partial charge on any atom is -0.497 e. The molecule has 1 fully saturated rings. The second kappa shape index (κ2) is 6.62. The number of thiazole rings is 1. The van der Waals surface area contributed by atoms with Crippen LogP contribution in [0.4, 0.5) is 5.13 Å². The number of nitrogens with zero attached hydrogens (tertiary/aromatic N) is 2. The summed E-state index contributed by atoms with van der Waals surface area (Å²) in [6.45, 7) is 2.02. The van der Waals surface area contributed by atoms with Gasteiger partial charge in [-0.3, -0.25) is 0 Å². The van der Waals surface area contributed by atoms with Gasteiger partial charge in [0.05, 0.1) is 17.3 Å². The van der Waals surface area contributed by atoms with E-state index in [0.717, 1.165) is 35.5 Å². The Hall–Kier alpha value is -1.33. The number of anilines is 1. The van der Waals surface area contributed by atoms with Gasteiger partial charge in [-0.15, -0.1) is 0 Å². The number of aromatic nitrogens is 1. The summed E-state index contributed by atoms with van der Waals surface area (Å²) in [5, 5.41) is 4.45. The highest BCUT2D eigenvalue weighted by molar-refractivity contribution is 7.22. The first-order chi connectivity index (χ1) is 10.3. The van der Waals surface area contributed by atoms with E-state index in [1.165, 1.54) is 30.4 Å². The summed E-state index contributed by atoms with van der Waals surface area (Å²) in [6.07, 6.45) is 5.50. The van der Waals surface area contributed by atoms with Crippen LogP contribution in [0, 0.1) is 0 Å². The van der Waals surface area contributed by atoms with Crippen molar-refractivity contribution in [3.05, 3.63) is 18.2 Å². The number of hydrogen-bond acceptors (Lipinski definition) is 5. The molecule has 1 aliphatic rings. The van der Waals surface area contributed by atoms with E-state index in [0.29, 0.717) is 0 Å². The lowest BCUT2D eigenvalue weighted by molar-refractivity contribution is 0.254. The largest absolute Gasteiger partial charge is 0.497 e. The minimum atomic E-state index is 0.784. The third-order valence-electron chi connectivity index (χ3n) is 4.28. The van der Waals surface area contributed by atoms with E-state index in [1.54, 1.807) is 18.4 Å². The summed E-state index contributed by atoms with van der Waals surface area (Å²) in [4.78, 5) is 7.10. The first-order valence-electron chi connectivity index (χ1n) is 7.65. The van der Waals surface area contributed by atoms with Crippen LogP contribution in [-0.4, -0.2) is 43.2 Å². The minimum absolute atomic E-state index is 0.784. The Kier molecular flexibility index (Phi) is 4.60. The lowest BCUT2D eigenvalue weighted by Gasteiger charge is -2.23. The number of likely N-dealkylation sites (N-methyl/N-ethyl adjacent to an activating group) is 1. The molecule has 4 nitrogen and oxygen atoms in total. The fourth-order valence-corrected chi connectivity index (χ4v) is 3.89. The van der Waals surface area contributed by atoms with Crippen LogP contribution in [0.3, 0.4) is 0 Å². The lowest BCUT2D eigenvalue weighted by Crippen LogP contribution is -2.33. The van der Waals surface area contributed by atoms with Crippen LogP contribution in [0.25, 0.3) is 10.2 Å². The molecule has 0 aliphatic heterocycles. The number of ether oxygens (including phenoxy) is 1. The lowest BCUT2D eigenvalue weighted by atomic mass is 10.2. The molecule has 1 saturated carbocycles. The number of nitrogens with one attached hydrogen (secondary N) is 1. The normalized spacial score (nSPS) is 16.0. The highest BCUT2D eigenvalue weighted by Gasteiger charge is 2.18. The van der Waals surface area contributed by atoms with Crippen LogP contribution in [-0.2, 0) is 0 Å². The van der Waals surface area contributed by atoms with Gasteiger partial charge in [0.1, 0.15) is 5.75 Å². The molecule has 21 heavy (non-hydrogen) atoms. The van der Waals surface area contributed by atoms with E-state index >= 15 is 0 Å². The zero-order valence-electron chi connectivity index (χ0n) is 12.8. The Labute approximate surface area is 130 Å². The van der Waals surface area contributed by atoms with E-state index in [4.69, 9.17) is 4.74 Å².